The molecule has 15 heavy (non-hydrogen) atoms. The van der Waals surface area contributed by atoms with Crippen molar-refractivity contribution >= 4 is 11.8 Å². The van der Waals surface area contributed by atoms with E-state index in [9.17, 15) is 0 Å². The Bertz CT molecular complexity index is 224. The summed E-state index contributed by atoms with van der Waals surface area (Å²) in [7, 11) is 0. The van der Waals surface area contributed by atoms with Crippen molar-refractivity contribution in [2.45, 2.75) is 59.1 Å². The summed E-state index contributed by atoms with van der Waals surface area (Å²) in [5.74, 6) is 1.14. The molecule has 0 amide bonds. The monoisotopic (exact) mass is 226 g/mol. The third-order valence-electron chi connectivity index (χ3n) is 2.04. The van der Waals surface area contributed by atoms with Gasteiger partial charge in [-0.25, -0.2) is 0 Å². The lowest BCUT2D eigenvalue weighted by Crippen LogP contribution is -2.07. The Labute approximate surface area is 100 Å². The summed E-state index contributed by atoms with van der Waals surface area (Å²) in [6.07, 6.45) is 7.07. The summed E-state index contributed by atoms with van der Waals surface area (Å²) < 4.78 is 0.386. The number of rotatable bonds is 5. The lowest BCUT2D eigenvalue weighted by Gasteiger charge is -2.16. The fourth-order valence-electron chi connectivity index (χ4n) is 1.12. The fraction of sp³-hybridized carbons (Fsp3) is 0.714. The van der Waals surface area contributed by atoms with E-state index in [4.69, 9.17) is 0 Å². The lowest BCUT2D eigenvalue weighted by atomic mass is 10.1. The zero-order chi connectivity index (χ0) is 11.9. The molecular formula is C14H26S. The molecule has 0 bridgehead atoms. The molecule has 0 radical (unpaired) electrons. The zero-order valence-electron chi connectivity index (χ0n) is 11.2. The first-order chi connectivity index (χ1) is 6.81. The van der Waals surface area contributed by atoms with Crippen LogP contribution in [-0.4, -0.2) is 10.5 Å². The average molecular weight is 226 g/mol. The van der Waals surface area contributed by atoms with E-state index in [-0.39, 0.29) is 0 Å². The Kier molecular flexibility index (Phi) is 7.08. The first-order valence-corrected chi connectivity index (χ1v) is 6.73. The molecular weight excluding hydrogens is 200 g/mol. The van der Waals surface area contributed by atoms with E-state index in [0.717, 1.165) is 5.75 Å². The second-order valence-electron chi connectivity index (χ2n) is 5.29. The van der Waals surface area contributed by atoms with Gasteiger partial charge < -0.3 is 0 Å². The lowest BCUT2D eigenvalue weighted by molar-refractivity contribution is 0.804. The van der Waals surface area contributed by atoms with E-state index in [1.165, 1.54) is 24.0 Å². The molecule has 0 spiro atoms. The summed E-state index contributed by atoms with van der Waals surface area (Å²) in [4.78, 5) is 0. The molecule has 88 valence electrons. The second kappa shape index (κ2) is 7.16. The van der Waals surface area contributed by atoms with Crippen LogP contribution in [0, 0.1) is 0 Å². The van der Waals surface area contributed by atoms with E-state index in [2.05, 4.69) is 53.7 Å². The predicted molar refractivity (Wildman–Crippen MR) is 74.6 cm³/mol. The first kappa shape index (κ1) is 14.8. The highest BCUT2D eigenvalue weighted by atomic mass is 32.2. The topological polar surface area (TPSA) is 0 Å². The molecule has 0 rings (SSSR count). The van der Waals surface area contributed by atoms with Gasteiger partial charge in [0.15, 0.2) is 0 Å². The quantitative estimate of drug-likeness (QED) is 0.580. The third kappa shape index (κ3) is 11.8. The molecule has 0 unspecified atom stereocenters. The highest BCUT2D eigenvalue weighted by Crippen LogP contribution is 2.23. The summed E-state index contributed by atoms with van der Waals surface area (Å²) >= 11 is 2.01. The normalized spacial score (nSPS) is 12.8. The van der Waals surface area contributed by atoms with Crippen molar-refractivity contribution in [1.82, 2.24) is 0 Å². The maximum absolute atomic E-state index is 2.37. The van der Waals surface area contributed by atoms with Crippen molar-refractivity contribution < 1.29 is 0 Å². The third-order valence-corrected chi connectivity index (χ3v) is 3.24. The van der Waals surface area contributed by atoms with Crippen molar-refractivity contribution in [3.8, 4) is 0 Å². The maximum atomic E-state index is 2.37. The zero-order valence-corrected chi connectivity index (χ0v) is 12.0. The van der Waals surface area contributed by atoms with Gasteiger partial charge in [0.25, 0.3) is 0 Å². The smallest absolute Gasteiger partial charge is 0.0121 e. The van der Waals surface area contributed by atoms with Gasteiger partial charge in [-0.05, 0) is 33.6 Å². The summed E-state index contributed by atoms with van der Waals surface area (Å²) in [5.41, 5.74) is 2.94. The van der Waals surface area contributed by atoms with E-state index < -0.39 is 0 Å². The van der Waals surface area contributed by atoms with Crippen molar-refractivity contribution in [3.63, 3.8) is 0 Å². The van der Waals surface area contributed by atoms with Crippen molar-refractivity contribution in [1.29, 1.82) is 0 Å². The van der Waals surface area contributed by atoms with Crippen LogP contribution in [0.1, 0.15) is 54.4 Å². The largest absolute Gasteiger partial charge is 0.152 e. The Hall–Kier alpha value is -0.170. The minimum Gasteiger partial charge on any atom is -0.152 e. The minimum absolute atomic E-state index is 0.386. The second-order valence-corrected chi connectivity index (χ2v) is 7.14. The van der Waals surface area contributed by atoms with Crippen LogP contribution in [0.3, 0.4) is 0 Å². The van der Waals surface area contributed by atoms with Crippen molar-refractivity contribution in [3.05, 3.63) is 23.3 Å². The number of hydrogen-bond donors (Lipinski definition) is 0. The Morgan fingerprint density at radius 2 is 1.67 bits per heavy atom. The van der Waals surface area contributed by atoms with Gasteiger partial charge in [0.2, 0.25) is 0 Å². The standard InChI is InChI=1S/C14H26S/c1-12(2)8-7-9-13(3)10-11-15-14(4,5)6/h8,10H,7,9,11H2,1-6H3/b13-10-. The van der Waals surface area contributed by atoms with Crippen molar-refractivity contribution in [2.24, 2.45) is 0 Å². The fourth-order valence-corrected chi connectivity index (χ4v) is 1.99. The molecule has 0 aromatic heterocycles. The van der Waals surface area contributed by atoms with Crippen LogP contribution in [0.2, 0.25) is 0 Å². The molecule has 0 saturated heterocycles. The van der Waals surface area contributed by atoms with Crippen molar-refractivity contribution in [2.75, 3.05) is 5.75 Å². The average Bonchev–Trinajstić information content (AvgIpc) is 2.00. The molecule has 0 aliphatic heterocycles. The minimum atomic E-state index is 0.386. The van der Waals surface area contributed by atoms with Crippen LogP contribution in [0.15, 0.2) is 23.3 Å². The van der Waals surface area contributed by atoms with E-state index in [1.54, 1.807) is 0 Å². The van der Waals surface area contributed by atoms with Gasteiger partial charge in [-0.3, -0.25) is 0 Å². The van der Waals surface area contributed by atoms with E-state index in [0.29, 0.717) is 4.75 Å². The Balaban J connectivity index is 3.75. The van der Waals surface area contributed by atoms with Crippen LogP contribution in [-0.2, 0) is 0 Å². The number of allylic oxidation sites excluding steroid dienone is 3. The highest BCUT2D eigenvalue weighted by Gasteiger charge is 2.08. The SMILES string of the molecule is CC(C)=CCC/C(C)=C\CSC(C)(C)C. The van der Waals surface area contributed by atoms with Gasteiger partial charge in [-0.2, -0.15) is 11.8 Å². The molecule has 0 aliphatic rings. The summed E-state index contributed by atoms with van der Waals surface area (Å²) in [6, 6.07) is 0. The van der Waals surface area contributed by atoms with Gasteiger partial charge in [0.1, 0.15) is 0 Å². The molecule has 0 aromatic rings. The van der Waals surface area contributed by atoms with E-state index in [1.807, 2.05) is 11.8 Å². The van der Waals surface area contributed by atoms with Crippen LogP contribution in [0.4, 0.5) is 0 Å². The first-order valence-electron chi connectivity index (χ1n) is 5.74. The Morgan fingerprint density at radius 1 is 1.07 bits per heavy atom. The molecule has 0 saturated carbocycles. The highest BCUT2D eigenvalue weighted by molar-refractivity contribution is 8.00. The molecule has 0 aromatic carbocycles. The molecule has 0 aliphatic carbocycles. The van der Waals surface area contributed by atoms with Gasteiger partial charge in [-0.1, -0.05) is 44.1 Å². The van der Waals surface area contributed by atoms with Crippen LogP contribution in [0.5, 0.6) is 0 Å². The maximum Gasteiger partial charge on any atom is 0.0121 e. The molecule has 0 N–H and O–H groups in total. The predicted octanol–water partition coefficient (Wildman–Crippen LogP) is 5.21. The van der Waals surface area contributed by atoms with Crippen LogP contribution in [0.25, 0.3) is 0 Å². The number of hydrogen-bond acceptors (Lipinski definition) is 1. The Morgan fingerprint density at radius 3 is 2.13 bits per heavy atom. The van der Waals surface area contributed by atoms with Crippen LogP contribution >= 0.6 is 11.8 Å². The summed E-state index contributed by atoms with van der Waals surface area (Å²) in [6.45, 7) is 13.4. The summed E-state index contributed by atoms with van der Waals surface area (Å²) in [5, 5.41) is 0. The van der Waals surface area contributed by atoms with Gasteiger partial charge in [0, 0.05) is 10.5 Å². The van der Waals surface area contributed by atoms with Gasteiger partial charge in [-0.15, -0.1) is 0 Å². The molecule has 0 nitrogen and oxygen atoms in total. The number of thioether (sulfide) groups is 1. The van der Waals surface area contributed by atoms with Crippen LogP contribution < -0.4 is 0 Å². The van der Waals surface area contributed by atoms with Gasteiger partial charge >= 0.3 is 0 Å². The molecule has 0 atom stereocenters. The molecule has 1 heteroatoms. The molecule has 0 heterocycles. The van der Waals surface area contributed by atoms with Gasteiger partial charge in [0.05, 0.1) is 0 Å². The van der Waals surface area contributed by atoms with E-state index >= 15 is 0 Å². The molecule has 0 fully saturated rings.